The second-order valence-corrected chi connectivity index (χ2v) is 6.09. The first-order valence-electron chi connectivity index (χ1n) is 6.99. The SMILES string of the molecule is C[C@H](Oc1cccc(Br)c1)C(=O)NNC(=S)Nc1ccccc1F. The Morgan fingerprint density at radius 2 is 1.96 bits per heavy atom. The number of carbonyl (C=O) groups is 1. The van der Waals surface area contributed by atoms with Crippen LogP contribution in [-0.2, 0) is 4.79 Å². The van der Waals surface area contributed by atoms with E-state index in [1.807, 2.05) is 6.07 Å². The molecule has 0 aliphatic heterocycles. The van der Waals surface area contributed by atoms with Gasteiger partial charge < -0.3 is 10.1 Å². The average molecular weight is 412 g/mol. The second-order valence-electron chi connectivity index (χ2n) is 4.77. The minimum Gasteiger partial charge on any atom is -0.481 e. The van der Waals surface area contributed by atoms with E-state index in [0.29, 0.717) is 5.75 Å². The van der Waals surface area contributed by atoms with Gasteiger partial charge >= 0.3 is 0 Å². The lowest BCUT2D eigenvalue weighted by atomic mass is 10.3. The van der Waals surface area contributed by atoms with Crippen molar-refractivity contribution in [1.82, 2.24) is 10.9 Å². The number of thiocarbonyl (C=S) groups is 1. The predicted octanol–water partition coefficient (Wildman–Crippen LogP) is 3.37. The number of ether oxygens (including phenoxy) is 1. The molecule has 1 atom stereocenters. The fraction of sp³-hybridized carbons (Fsp3) is 0.125. The monoisotopic (exact) mass is 411 g/mol. The number of hydrazine groups is 1. The summed E-state index contributed by atoms with van der Waals surface area (Å²) < 4.78 is 19.9. The first-order chi connectivity index (χ1) is 11.5. The molecular weight excluding hydrogens is 397 g/mol. The Balaban J connectivity index is 1.81. The van der Waals surface area contributed by atoms with Crippen LogP contribution < -0.4 is 20.9 Å². The molecule has 2 rings (SSSR count). The number of benzene rings is 2. The van der Waals surface area contributed by atoms with Crippen molar-refractivity contribution in [3.8, 4) is 5.75 Å². The molecule has 0 heterocycles. The van der Waals surface area contributed by atoms with Gasteiger partial charge in [-0.25, -0.2) is 4.39 Å². The first-order valence-corrected chi connectivity index (χ1v) is 8.19. The first kappa shape index (κ1) is 18.2. The molecule has 0 aliphatic carbocycles. The molecular formula is C16H15BrFN3O2S. The molecule has 8 heteroatoms. The highest BCUT2D eigenvalue weighted by Gasteiger charge is 2.15. The molecule has 0 saturated carbocycles. The van der Waals surface area contributed by atoms with Crippen LogP contribution in [0.1, 0.15) is 6.92 Å². The number of nitrogens with one attached hydrogen (secondary N) is 3. The summed E-state index contributed by atoms with van der Waals surface area (Å²) >= 11 is 8.32. The van der Waals surface area contributed by atoms with Gasteiger partial charge in [0.25, 0.3) is 5.91 Å². The van der Waals surface area contributed by atoms with Gasteiger partial charge in [-0.15, -0.1) is 0 Å². The van der Waals surface area contributed by atoms with Crippen molar-refractivity contribution in [1.29, 1.82) is 0 Å². The molecule has 0 fully saturated rings. The zero-order valence-corrected chi connectivity index (χ0v) is 15.1. The summed E-state index contributed by atoms with van der Waals surface area (Å²) in [5.74, 6) is -0.314. The lowest BCUT2D eigenvalue weighted by Gasteiger charge is -2.16. The molecule has 24 heavy (non-hydrogen) atoms. The van der Waals surface area contributed by atoms with E-state index >= 15 is 0 Å². The maximum Gasteiger partial charge on any atom is 0.279 e. The normalized spacial score (nSPS) is 11.3. The number of halogens is 2. The van der Waals surface area contributed by atoms with Gasteiger partial charge in [0.1, 0.15) is 11.6 Å². The third-order valence-electron chi connectivity index (χ3n) is 2.90. The van der Waals surface area contributed by atoms with Crippen molar-refractivity contribution in [3.05, 3.63) is 58.8 Å². The largest absolute Gasteiger partial charge is 0.481 e. The van der Waals surface area contributed by atoms with E-state index in [-0.39, 0.29) is 10.8 Å². The highest BCUT2D eigenvalue weighted by Crippen LogP contribution is 2.18. The van der Waals surface area contributed by atoms with Gasteiger partial charge in [0.05, 0.1) is 5.69 Å². The van der Waals surface area contributed by atoms with Gasteiger partial charge in [-0.2, -0.15) is 0 Å². The van der Waals surface area contributed by atoms with Crippen LogP contribution >= 0.6 is 28.1 Å². The van der Waals surface area contributed by atoms with E-state index in [1.165, 1.54) is 12.1 Å². The molecule has 1 amide bonds. The van der Waals surface area contributed by atoms with Crippen LogP contribution in [0.3, 0.4) is 0 Å². The summed E-state index contributed by atoms with van der Waals surface area (Å²) in [7, 11) is 0. The maximum atomic E-state index is 13.5. The number of para-hydroxylation sites is 1. The number of carbonyl (C=O) groups excluding carboxylic acids is 1. The lowest BCUT2D eigenvalue weighted by molar-refractivity contribution is -0.127. The Labute approximate surface area is 152 Å². The van der Waals surface area contributed by atoms with Crippen molar-refractivity contribution in [3.63, 3.8) is 0 Å². The summed E-state index contributed by atoms with van der Waals surface area (Å²) in [6, 6.07) is 13.2. The Bertz CT molecular complexity index is 745. The van der Waals surface area contributed by atoms with Crippen LogP contribution in [0.2, 0.25) is 0 Å². The van der Waals surface area contributed by atoms with Crippen LogP contribution in [0.5, 0.6) is 5.75 Å². The van der Waals surface area contributed by atoms with E-state index in [4.69, 9.17) is 17.0 Å². The highest BCUT2D eigenvalue weighted by molar-refractivity contribution is 9.10. The van der Waals surface area contributed by atoms with Crippen molar-refractivity contribution in [2.45, 2.75) is 13.0 Å². The molecule has 0 bridgehead atoms. The maximum absolute atomic E-state index is 13.5. The molecule has 5 nitrogen and oxygen atoms in total. The number of hydrogen-bond donors (Lipinski definition) is 3. The van der Waals surface area contributed by atoms with Crippen LogP contribution in [0.15, 0.2) is 53.0 Å². The van der Waals surface area contributed by atoms with Crippen LogP contribution in [0.4, 0.5) is 10.1 Å². The highest BCUT2D eigenvalue weighted by atomic mass is 79.9. The van der Waals surface area contributed by atoms with Crippen molar-refractivity contribution in [2.24, 2.45) is 0 Å². The topological polar surface area (TPSA) is 62.4 Å². The van der Waals surface area contributed by atoms with E-state index < -0.39 is 17.8 Å². The molecule has 0 saturated heterocycles. The minimum absolute atomic E-state index is 0.0584. The van der Waals surface area contributed by atoms with Crippen molar-refractivity contribution >= 4 is 44.9 Å². The van der Waals surface area contributed by atoms with Crippen LogP contribution in [-0.4, -0.2) is 17.1 Å². The number of anilines is 1. The van der Waals surface area contributed by atoms with E-state index in [0.717, 1.165) is 4.47 Å². The summed E-state index contributed by atoms with van der Waals surface area (Å²) in [5.41, 5.74) is 5.12. The standard InChI is InChI=1S/C16H15BrFN3O2S/c1-10(23-12-6-4-5-11(17)9-12)15(22)20-21-16(24)19-14-8-3-2-7-13(14)18/h2-10H,1H3,(H,20,22)(H2,19,21,24)/t10-/m0/s1. The molecule has 0 unspecified atom stereocenters. The molecule has 2 aromatic rings. The van der Waals surface area contributed by atoms with Gasteiger partial charge in [-0.05, 0) is 49.5 Å². The van der Waals surface area contributed by atoms with E-state index in [1.54, 1.807) is 37.3 Å². The summed E-state index contributed by atoms with van der Waals surface area (Å²) in [6.07, 6.45) is -0.747. The molecule has 0 spiro atoms. The average Bonchev–Trinajstić information content (AvgIpc) is 2.54. The quantitative estimate of drug-likeness (QED) is 0.531. The van der Waals surface area contributed by atoms with Gasteiger partial charge in [0, 0.05) is 4.47 Å². The van der Waals surface area contributed by atoms with Crippen molar-refractivity contribution in [2.75, 3.05) is 5.32 Å². The van der Waals surface area contributed by atoms with Crippen LogP contribution in [0, 0.1) is 5.82 Å². The lowest BCUT2D eigenvalue weighted by Crippen LogP contribution is -2.48. The Morgan fingerprint density at radius 3 is 2.67 bits per heavy atom. The molecule has 3 N–H and O–H groups in total. The van der Waals surface area contributed by atoms with Gasteiger partial charge in [-0.3, -0.25) is 15.6 Å². The number of amides is 1. The van der Waals surface area contributed by atoms with Crippen molar-refractivity contribution < 1.29 is 13.9 Å². The van der Waals surface area contributed by atoms with Gasteiger partial charge in [0.15, 0.2) is 11.2 Å². The van der Waals surface area contributed by atoms with Crippen LogP contribution in [0.25, 0.3) is 0 Å². The van der Waals surface area contributed by atoms with Gasteiger partial charge in [-0.1, -0.05) is 34.1 Å². The predicted molar refractivity (Wildman–Crippen MR) is 98.1 cm³/mol. The van der Waals surface area contributed by atoms with E-state index in [2.05, 4.69) is 32.1 Å². The molecule has 126 valence electrons. The fourth-order valence-corrected chi connectivity index (χ4v) is 2.27. The second kappa shape index (κ2) is 8.60. The molecule has 0 aliphatic rings. The zero-order valence-electron chi connectivity index (χ0n) is 12.7. The Morgan fingerprint density at radius 1 is 1.21 bits per heavy atom. The Kier molecular flexibility index (Phi) is 6.51. The summed E-state index contributed by atoms with van der Waals surface area (Å²) in [4.78, 5) is 12.0. The molecule has 2 aromatic carbocycles. The van der Waals surface area contributed by atoms with Gasteiger partial charge in [0.2, 0.25) is 0 Å². The Hall–Kier alpha value is -2.19. The third-order valence-corrected chi connectivity index (χ3v) is 3.60. The summed E-state index contributed by atoms with van der Waals surface area (Å²) in [6.45, 7) is 1.60. The number of hydrogen-bond acceptors (Lipinski definition) is 3. The molecule has 0 radical (unpaired) electrons. The van der Waals surface area contributed by atoms with E-state index in [9.17, 15) is 9.18 Å². The third kappa shape index (κ3) is 5.47. The fourth-order valence-electron chi connectivity index (χ4n) is 1.73. The minimum atomic E-state index is -0.747. The number of rotatable bonds is 4. The smallest absolute Gasteiger partial charge is 0.279 e. The summed E-state index contributed by atoms with van der Waals surface area (Å²) in [5, 5.41) is 2.70. The molecule has 0 aromatic heterocycles. The zero-order chi connectivity index (χ0) is 17.5.